The van der Waals surface area contributed by atoms with Crippen LogP contribution in [0.3, 0.4) is 0 Å². The van der Waals surface area contributed by atoms with Crippen molar-refractivity contribution in [3.8, 4) is 0 Å². The third-order valence-corrected chi connectivity index (χ3v) is 4.93. The van der Waals surface area contributed by atoms with Crippen molar-refractivity contribution in [3.05, 3.63) is 58.7 Å². The van der Waals surface area contributed by atoms with E-state index in [4.69, 9.17) is 9.47 Å². The maximum atomic E-state index is 13.2. The molecule has 0 atom stereocenters. The summed E-state index contributed by atoms with van der Waals surface area (Å²) in [7, 11) is 0. The van der Waals surface area contributed by atoms with Crippen molar-refractivity contribution in [2.75, 3.05) is 13.2 Å². The van der Waals surface area contributed by atoms with Crippen LogP contribution in [0.25, 0.3) is 21.5 Å². The van der Waals surface area contributed by atoms with E-state index in [0.717, 1.165) is 21.9 Å². The fourth-order valence-electron chi connectivity index (χ4n) is 3.52. The Bertz CT molecular complexity index is 1050. The van der Waals surface area contributed by atoms with Crippen LogP contribution in [0.1, 0.15) is 59.5 Å². The van der Waals surface area contributed by atoms with E-state index in [2.05, 4.69) is 0 Å². The number of carbonyl (C=O) groups is 2. The Kier molecular flexibility index (Phi) is 6.45. The van der Waals surface area contributed by atoms with Crippen molar-refractivity contribution in [1.29, 1.82) is 0 Å². The zero-order chi connectivity index (χ0) is 22.0. The average Bonchev–Trinajstić information content (AvgIpc) is 2.68. The van der Waals surface area contributed by atoms with Gasteiger partial charge in [-0.2, -0.15) is 0 Å². The van der Waals surface area contributed by atoms with Crippen molar-refractivity contribution in [2.45, 2.75) is 41.5 Å². The number of ether oxygens (including phenoxy) is 2. The molecule has 0 N–H and O–H groups in total. The van der Waals surface area contributed by atoms with E-state index in [1.807, 2.05) is 77.9 Å². The van der Waals surface area contributed by atoms with Gasteiger partial charge < -0.3 is 9.47 Å². The molecule has 0 spiro atoms. The van der Waals surface area contributed by atoms with Gasteiger partial charge in [0, 0.05) is 0 Å². The molecule has 3 aromatic rings. The minimum atomic E-state index is -0.367. The number of aryl methyl sites for hydroxylation is 2. The Labute approximate surface area is 178 Å². The van der Waals surface area contributed by atoms with Gasteiger partial charge in [-0.05, 0) is 47.2 Å². The number of hydrogen-bond acceptors (Lipinski definition) is 4. The Balaban J connectivity index is 2.33. The number of rotatable bonds is 6. The second-order valence-electron chi connectivity index (χ2n) is 8.83. The standard InChI is InChI=1S/C26H30O4/c1-15(2)13-29-25(27)23-19-9-7-17(5)11-21(19)24(26(28)30-14-16(3)4)22-12-18(6)8-10-20(22)23/h7-12,15-16H,13-14H2,1-6H3. The van der Waals surface area contributed by atoms with Crippen LogP contribution in [0.5, 0.6) is 0 Å². The summed E-state index contributed by atoms with van der Waals surface area (Å²) in [6.45, 7) is 12.7. The molecule has 30 heavy (non-hydrogen) atoms. The molecule has 0 saturated carbocycles. The van der Waals surface area contributed by atoms with Crippen LogP contribution in [-0.2, 0) is 9.47 Å². The van der Waals surface area contributed by atoms with E-state index in [1.165, 1.54) is 0 Å². The van der Waals surface area contributed by atoms with E-state index in [9.17, 15) is 9.59 Å². The lowest BCUT2D eigenvalue weighted by Gasteiger charge is -2.17. The van der Waals surface area contributed by atoms with Gasteiger partial charge in [-0.25, -0.2) is 9.59 Å². The summed E-state index contributed by atoms with van der Waals surface area (Å²) >= 11 is 0. The molecule has 0 fully saturated rings. The van der Waals surface area contributed by atoms with Gasteiger partial charge >= 0.3 is 11.9 Å². The first-order valence-electron chi connectivity index (χ1n) is 10.5. The van der Waals surface area contributed by atoms with Gasteiger partial charge in [-0.15, -0.1) is 0 Å². The lowest BCUT2D eigenvalue weighted by atomic mass is 9.90. The SMILES string of the molecule is Cc1ccc2c(C(=O)OCC(C)C)c3ccc(C)cc3c(C(=O)OCC(C)C)c2c1. The smallest absolute Gasteiger partial charge is 0.339 e. The van der Waals surface area contributed by atoms with E-state index >= 15 is 0 Å². The number of fused-ring (bicyclic) bond motifs is 2. The molecule has 0 heterocycles. The first kappa shape index (κ1) is 21.8. The van der Waals surface area contributed by atoms with Gasteiger partial charge in [0.05, 0.1) is 24.3 Å². The fraction of sp³-hybridized carbons (Fsp3) is 0.385. The summed E-state index contributed by atoms with van der Waals surface area (Å²) in [5.41, 5.74) is 3.03. The molecule has 0 aromatic heterocycles. The van der Waals surface area contributed by atoms with Crippen molar-refractivity contribution in [2.24, 2.45) is 11.8 Å². The molecule has 0 saturated heterocycles. The quantitative estimate of drug-likeness (QED) is 0.359. The van der Waals surface area contributed by atoms with Crippen LogP contribution in [0.4, 0.5) is 0 Å². The van der Waals surface area contributed by atoms with E-state index < -0.39 is 0 Å². The summed E-state index contributed by atoms with van der Waals surface area (Å²) < 4.78 is 11.2. The molecular formula is C26H30O4. The third kappa shape index (κ3) is 4.48. The first-order valence-corrected chi connectivity index (χ1v) is 10.5. The number of esters is 2. The summed E-state index contributed by atoms with van der Waals surface area (Å²) in [6.07, 6.45) is 0. The number of hydrogen-bond donors (Lipinski definition) is 0. The first-order chi connectivity index (χ1) is 14.2. The maximum absolute atomic E-state index is 13.2. The molecule has 4 nitrogen and oxygen atoms in total. The van der Waals surface area contributed by atoms with Crippen molar-refractivity contribution in [3.63, 3.8) is 0 Å². The van der Waals surface area contributed by atoms with Gasteiger partial charge in [0.1, 0.15) is 0 Å². The molecule has 4 heteroatoms. The van der Waals surface area contributed by atoms with Crippen LogP contribution < -0.4 is 0 Å². The van der Waals surface area contributed by atoms with Crippen LogP contribution in [0.2, 0.25) is 0 Å². The van der Waals surface area contributed by atoms with Gasteiger partial charge in [0.2, 0.25) is 0 Å². The Morgan fingerprint density at radius 2 is 1.03 bits per heavy atom. The van der Waals surface area contributed by atoms with Crippen LogP contribution in [0, 0.1) is 25.7 Å². The Hall–Kier alpha value is -2.88. The molecule has 3 aromatic carbocycles. The number of benzene rings is 3. The molecule has 0 aliphatic carbocycles. The lowest BCUT2D eigenvalue weighted by Crippen LogP contribution is -2.15. The molecular weight excluding hydrogens is 376 g/mol. The minimum Gasteiger partial charge on any atom is -0.462 e. The molecule has 0 aliphatic heterocycles. The Morgan fingerprint density at radius 3 is 1.40 bits per heavy atom. The topological polar surface area (TPSA) is 52.6 Å². The van der Waals surface area contributed by atoms with Crippen LogP contribution >= 0.6 is 0 Å². The van der Waals surface area contributed by atoms with Crippen molar-refractivity contribution >= 4 is 33.5 Å². The third-order valence-electron chi connectivity index (χ3n) is 4.93. The number of carbonyl (C=O) groups excluding carboxylic acids is 2. The predicted octanol–water partition coefficient (Wildman–Crippen LogP) is 6.24. The highest BCUT2D eigenvalue weighted by Gasteiger charge is 2.24. The normalized spacial score (nSPS) is 11.5. The molecule has 0 aliphatic rings. The fourth-order valence-corrected chi connectivity index (χ4v) is 3.52. The summed E-state index contributed by atoms with van der Waals surface area (Å²) in [5.74, 6) is -0.257. The molecule has 0 unspecified atom stereocenters. The van der Waals surface area contributed by atoms with Gasteiger partial charge in [0.25, 0.3) is 0 Å². The lowest BCUT2D eigenvalue weighted by molar-refractivity contribution is 0.0452. The highest BCUT2D eigenvalue weighted by molar-refractivity contribution is 6.24. The molecule has 0 amide bonds. The highest BCUT2D eigenvalue weighted by Crippen LogP contribution is 2.35. The van der Waals surface area contributed by atoms with Crippen molar-refractivity contribution < 1.29 is 19.1 Å². The van der Waals surface area contributed by atoms with Gasteiger partial charge in [0.15, 0.2) is 0 Å². The molecule has 0 radical (unpaired) electrons. The van der Waals surface area contributed by atoms with E-state index in [1.54, 1.807) is 0 Å². The average molecular weight is 407 g/mol. The van der Waals surface area contributed by atoms with Crippen LogP contribution in [-0.4, -0.2) is 25.2 Å². The summed E-state index contributed by atoms with van der Waals surface area (Å²) in [4.78, 5) is 26.3. The van der Waals surface area contributed by atoms with E-state index in [-0.39, 0.29) is 23.8 Å². The van der Waals surface area contributed by atoms with Crippen LogP contribution in [0.15, 0.2) is 36.4 Å². The monoisotopic (exact) mass is 406 g/mol. The minimum absolute atomic E-state index is 0.236. The maximum Gasteiger partial charge on any atom is 0.339 e. The molecule has 0 bridgehead atoms. The molecule has 3 rings (SSSR count). The highest BCUT2D eigenvalue weighted by atomic mass is 16.5. The molecule has 158 valence electrons. The largest absolute Gasteiger partial charge is 0.462 e. The van der Waals surface area contributed by atoms with E-state index in [0.29, 0.717) is 35.1 Å². The second kappa shape index (κ2) is 8.86. The second-order valence-corrected chi connectivity index (χ2v) is 8.83. The predicted molar refractivity (Wildman–Crippen MR) is 121 cm³/mol. The summed E-state index contributed by atoms with van der Waals surface area (Å²) in [6, 6.07) is 11.6. The summed E-state index contributed by atoms with van der Waals surface area (Å²) in [5, 5.41) is 2.86. The van der Waals surface area contributed by atoms with Gasteiger partial charge in [-0.1, -0.05) is 75.2 Å². The van der Waals surface area contributed by atoms with Gasteiger partial charge in [-0.3, -0.25) is 0 Å². The Morgan fingerprint density at radius 1 is 0.667 bits per heavy atom. The zero-order valence-electron chi connectivity index (χ0n) is 18.7. The van der Waals surface area contributed by atoms with Crippen molar-refractivity contribution in [1.82, 2.24) is 0 Å². The zero-order valence-corrected chi connectivity index (χ0v) is 18.7.